The molecular formula is C15H22N2O2. The van der Waals surface area contributed by atoms with E-state index in [2.05, 4.69) is 16.7 Å². The van der Waals surface area contributed by atoms with Gasteiger partial charge in [-0.15, -0.1) is 0 Å². The van der Waals surface area contributed by atoms with Gasteiger partial charge in [0.05, 0.1) is 12.1 Å². The first-order valence-electron chi connectivity index (χ1n) is 6.84. The van der Waals surface area contributed by atoms with Crippen LogP contribution in [0.4, 0.5) is 0 Å². The van der Waals surface area contributed by atoms with Crippen molar-refractivity contribution in [2.45, 2.75) is 38.8 Å². The van der Waals surface area contributed by atoms with Crippen LogP contribution >= 0.6 is 0 Å². The number of carbonyl (C=O) groups excluding carboxylic acids is 1. The quantitative estimate of drug-likeness (QED) is 0.764. The van der Waals surface area contributed by atoms with E-state index in [1.807, 2.05) is 26.0 Å². The molecule has 4 nitrogen and oxygen atoms in total. The minimum atomic E-state index is -0.549. The van der Waals surface area contributed by atoms with Gasteiger partial charge >= 0.3 is 0 Å². The number of aliphatic hydroxyl groups is 1. The van der Waals surface area contributed by atoms with E-state index in [-0.39, 0.29) is 12.5 Å². The van der Waals surface area contributed by atoms with Gasteiger partial charge in [0.15, 0.2) is 0 Å². The number of aliphatic hydroxyl groups excluding tert-OH is 1. The summed E-state index contributed by atoms with van der Waals surface area (Å²) in [4.78, 5) is 12.4. The summed E-state index contributed by atoms with van der Waals surface area (Å²) in [7, 11) is 0. The van der Waals surface area contributed by atoms with Crippen LogP contribution < -0.4 is 10.6 Å². The smallest absolute Gasteiger partial charge is 0.252 e. The zero-order chi connectivity index (χ0) is 13.9. The molecule has 1 heterocycles. The summed E-state index contributed by atoms with van der Waals surface area (Å²) < 4.78 is 0. The molecule has 1 amide bonds. The maximum Gasteiger partial charge on any atom is 0.252 e. The van der Waals surface area contributed by atoms with Gasteiger partial charge in [0.25, 0.3) is 5.91 Å². The van der Waals surface area contributed by atoms with Crippen molar-refractivity contribution in [3.05, 3.63) is 34.9 Å². The molecule has 3 N–H and O–H groups in total. The van der Waals surface area contributed by atoms with E-state index in [1.54, 1.807) is 0 Å². The van der Waals surface area contributed by atoms with Gasteiger partial charge in [-0.25, -0.2) is 0 Å². The number of nitrogens with one attached hydrogen (secondary N) is 2. The van der Waals surface area contributed by atoms with E-state index in [4.69, 9.17) is 0 Å². The fourth-order valence-electron chi connectivity index (χ4n) is 2.33. The third kappa shape index (κ3) is 2.96. The largest absolute Gasteiger partial charge is 0.394 e. The summed E-state index contributed by atoms with van der Waals surface area (Å²) >= 11 is 0. The van der Waals surface area contributed by atoms with Crippen LogP contribution in [0.5, 0.6) is 0 Å². The van der Waals surface area contributed by atoms with Gasteiger partial charge in [-0.05, 0) is 43.5 Å². The third-order valence-corrected chi connectivity index (χ3v) is 3.93. The van der Waals surface area contributed by atoms with Crippen molar-refractivity contribution in [2.24, 2.45) is 0 Å². The summed E-state index contributed by atoms with van der Waals surface area (Å²) in [5.41, 5.74) is 2.52. The van der Waals surface area contributed by atoms with Crippen molar-refractivity contribution in [3.63, 3.8) is 0 Å². The van der Waals surface area contributed by atoms with Crippen molar-refractivity contribution >= 4 is 5.91 Å². The summed E-state index contributed by atoms with van der Waals surface area (Å²) in [6.07, 6.45) is 1.58. The van der Waals surface area contributed by atoms with Gasteiger partial charge in [0.1, 0.15) is 0 Å². The number of fused-ring (bicyclic) bond motifs is 1. The minimum Gasteiger partial charge on any atom is -0.394 e. The second-order valence-corrected chi connectivity index (χ2v) is 5.40. The fourth-order valence-corrected chi connectivity index (χ4v) is 2.33. The second-order valence-electron chi connectivity index (χ2n) is 5.40. The molecule has 0 spiro atoms. The van der Waals surface area contributed by atoms with Crippen molar-refractivity contribution in [1.82, 2.24) is 10.6 Å². The molecule has 4 heteroatoms. The second kappa shape index (κ2) is 5.72. The van der Waals surface area contributed by atoms with E-state index in [1.165, 1.54) is 5.56 Å². The topological polar surface area (TPSA) is 61.4 Å². The molecule has 19 heavy (non-hydrogen) atoms. The molecule has 0 radical (unpaired) electrons. The van der Waals surface area contributed by atoms with Gasteiger partial charge in [0, 0.05) is 12.1 Å². The average Bonchev–Trinajstić information content (AvgIpc) is 2.46. The van der Waals surface area contributed by atoms with Gasteiger partial charge in [-0.1, -0.05) is 19.1 Å². The highest BCUT2D eigenvalue weighted by molar-refractivity contribution is 5.96. The molecule has 104 valence electrons. The number of hydrogen-bond donors (Lipinski definition) is 3. The van der Waals surface area contributed by atoms with Crippen LogP contribution in [0.2, 0.25) is 0 Å². The van der Waals surface area contributed by atoms with E-state index in [9.17, 15) is 9.90 Å². The van der Waals surface area contributed by atoms with Gasteiger partial charge in [-0.3, -0.25) is 4.79 Å². The fraction of sp³-hybridized carbons (Fsp3) is 0.533. The molecule has 1 unspecified atom stereocenters. The molecule has 1 aromatic rings. The summed E-state index contributed by atoms with van der Waals surface area (Å²) in [6, 6.07) is 5.85. The number of hydrogen-bond acceptors (Lipinski definition) is 3. The lowest BCUT2D eigenvalue weighted by Crippen LogP contribution is -2.48. The predicted molar refractivity (Wildman–Crippen MR) is 75.1 cm³/mol. The molecule has 0 aromatic heterocycles. The Hall–Kier alpha value is -1.39. The lowest BCUT2D eigenvalue weighted by atomic mass is 9.93. The van der Waals surface area contributed by atoms with Crippen LogP contribution in [0.25, 0.3) is 0 Å². The Labute approximate surface area is 114 Å². The van der Waals surface area contributed by atoms with E-state index in [0.717, 1.165) is 30.6 Å². The molecule has 0 saturated heterocycles. The Bertz CT molecular complexity index is 467. The third-order valence-electron chi connectivity index (χ3n) is 3.93. The van der Waals surface area contributed by atoms with Gasteiger partial charge in [0.2, 0.25) is 0 Å². The standard InChI is InChI=1S/C15H22N2O2/c1-3-15(2,10-18)17-14(19)13-6-4-5-11-9-16-8-7-12(11)13/h4-6,16,18H,3,7-10H2,1-2H3,(H,17,19). The van der Waals surface area contributed by atoms with Crippen LogP contribution in [0.3, 0.4) is 0 Å². The van der Waals surface area contributed by atoms with E-state index >= 15 is 0 Å². The lowest BCUT2D eigenvalue weighted by molar-refractivity contribution is 0.0846. The maximum absolute atomic E-state index is 12.4. The Balaban J connectivity index is 2.25. The van der Waals surface area contributed by atoms with E-state index < -0.39 is 5.54 Å². The SMILES string of the molecule is CCC(C)(CO)NC(=O)c1cccc2c1CCNC2. The molecule has 0 bridgehead atoms. The predicted octanol–water partition coefficient (Wildman–Crippen LogP) is 1.22. The normalized spacial score (nSPS) is 17.4. The molecular weight excluding hydrogens is 240 g/mol. The van der Waals surface area contributed by atoms with Crippen molar-refractivity contribution < 1.29 is 9.90 Å². The highest BCUT2D eigenvalue weighted by Gasteiger charge is 2.25. The van der Waals surface area contributed by atoms with Crippen LogP contribution in [0.15, 0.2) is 18.2 Å². The van der Waals surface area contributed by atoms with Crippen molar-refractivity contribution in [2.75, 3.05) is 13.2 Å². The van der Waals surface area contributed by atoms with Crippen LogP contribution in [-0.4, -0.2) is 29.7 Å². The monoisotopic (exact) mass is 262 g/mol. The minimum absolute atomic E-state index is 0.0498. The first-order chi connectivity index (χ1) is 9.09. The Morgan fingerprint density at radius 1 is 1.53 bits per heavy atom. The zero-order valence-corrected chi connectivity index (χ0v) is 11.6. The molecule has 0 saturated carbocycles. The van der Waals surface area contributed by atoms with Crippen LogP contribution in [0.1, 0.15) is 41.8 Å². The van der Waals surface area contributed by atoms with Crippen LogP contribution in [0, 0.1) is 0 Å². The molecule has 1 aromatic carbocycles. The first kappa shape index (κ1) is 14.0. The highest BCUT2D eigenvalue weighted by Crippen LogP contribution is 2.20. The molecule has 0 fully saturated rings. The Morgan fingerprint density at radius 3 is 3.00 bits per heavy atom. The Morgan fingerprint density at radius 2 is 2.32 bits per heavy atom. The zero-order valence-electron chi connectivity index (χ0n) is 11.6. The number of benzene rings is 1. The molecule has 1 aliphatic rings. The number of carbonyl (C=O) groups is 1. The molecule has 2 rings (SSSR count). The number of amides is 1. The maximum atomic E-state index is 12.4. The molecule has 1 aliphatic heterocycles. The average molecular weight is 262 g/mol. The highest BCUT2D eigenvalue weighted by atomic mass is 16.3. The first-order valence-corrected chi connectivity index (χ1v) is 6.84. The van der Waals surface area contributed by atoms with Crippen molar-refractivity contribution in [1.29, 1.82) is 0 Å². The number of rotatable bonds is 4. The van der Waals surface area contributed by atoms with Crippen molar-refractivity contribution in [3.8, 4) is 0 Å². The van der Waals surface area contributed by atoms with Crippen LogP contribution in [-0.2, 0) is 13.0 Å². The summed E-state index contributed by atoms with van der Waals surface area (Å²) in [6.45, 7) is 5.50. The van der Waals surface area contributed by atoms with E-state index in [0.29, 0.717) is 6.42 Å². The van der Waals surface area contributed by atoms with Gasteiger partial charge < -0.3 is 15.7 Å². The molecule has 0 aliphatic carbocycles. The Kier molecular flexibility index (Phi) is 4.22. The summed E-state index contributed by atoms with van der Waals surface area (Å²) in [5, 5.41) is 15.7. The van der Waals surface area contributed by atoms with Gasteiger partial charge in [-0.2, -0.15) is 0 Å². The lowest BCUT2D eigenvalue weighted by Gasteiger charge is -2.28. The summed E-state index contributed by atoms with van der Waals surface area (Å²) in [5.74, 6) is -0.0860. The molecule has 1 atom stereocenters.